The number of aryl methyl sites for hydroxylation is 1. The maximum Gasteiger partial charge on any atom is 0.413 e. The molecule has 10 nitrogen and oxygen atoms in total. The highest BCUT2D eigenvalue weighted by Gasteiger charge is 2.21. The van der Waals surface area contributed by atoms with Crippen LogP contribution in [-0.2, 0) is 21.8 Å². The van der Waals surface area contributed by atoms with E-state index in [0.717, 1.165) is 6.26 Å². The van der Waals surface area contributed by atoms with Gasteiger partial charge in [-0.25, -0.2) is 22.9 Å². The highest BCUT2D eigenvalue weighted by atomic mass is 35.5. The number of rotatable bonds is 6. The number of ether oxygens (including phenoxy) is 1. The standard InChI is InChI=1S/C18H18ClFN6O4S/c1-10(11-6-4-5-7-12(11)19)30-18(27)22-17-15(23-25-26(17)2)13-8-9-14(16(20)21-13)24-31(3,28)29/h4-10,24H,1-3H3,(H,22,27)/t10-/m1/s1. The van der Waals surface area contributed by atoms with Crippen LogP contribution >= 0.6 is 11.6 Å². The lowest BCUT2D eigenvalue weighted by Gasteiger charge is -2.15. The van der Waals surface area contributed by atoms with Crippen LogP contribution in [0.3, 0.4) is 0 Å². The molecule has 2 aromatic heterocycles. The summed E-state index contributed by atoms with van der Waals surface area (Å²) in [5, 5.41) is 10.7. The molecule has 13 heteroatoms. The lowest BCUT2D eigenvalue weighted by Crippen LogP contribution is -2.18. The van der Waals surface area contributed by atoms with E-state index in [9.17, 15) is 17.6 Å². The zero-order valence-corrected chi connectivity index (χ0v) is 18.2. The number of aromatic nitrogens is 4. The minimum absolute atomic E-state index is 0.0269. The molecule has 0 fully saturated rings. The molecular weight excluding hydrogens is 451 g/mol. The van der Waals surface area contributed by atoms with Crippen molar-refractivity contribution in [2.45, 2.75) is 13.0 Å². The first-order valence-corrected chi connectivity index (χ1v) is 11.1. The lowest BCUT2D eigenvalue weighted by molar-refractivity contribution is 0.121. The summed E-state index contributed by atoms with van der Waals surface area (Å²) in [5.74, 6) is -0.957. The van der Waals surface area contributed by atoms with Crippen LogP contribution in [0.5, 0.6) is 0 Å². The van der Waals surface area contributed by atoms with Gasteiger partial charge in [-0.3, -0.25) is 10.0 Å². The number of carbonyl (C=O) groups is 1. The third kappa shape index (κ3) is 5.47. The molecule has 0 radical (unpaired) electrons. The molecule has 2 N–H and O–H groups in total. The Kier molecular flexibility index (Phi) is 6.41. The van der Waals surface area contributed by atoms with Crippen LogP contribution < -0.4 is 10.0 Å². The van der Waals surface area contributed by atoms with Gasteiger partial charge in [-0.15, -0.1) is 5.10 Å². The maximum absolute atomic E-state index is 14.2. The Hall–Kier alpha value is -3.25. The average molecular weight is 469 g/mol. The topological polar surface area (TPSA) is 128 Å². The van der Waals surface area contributed by atoms with Gasteiger partial charge >= 0.3 is 6.09 Å². The molecule has 0 saturated carbocycles. The summed E-state index contributed by atoms with van der Waals surface area (Å²) >= 11 is 6.12. The van der Waals surface area contributed by atoms with Crippen molar-refractivity contribution in [3.8, 4) is 11.4 Å². The van der Waals surface area contributed by atoms with E-state index in [4.69, 9.17) is 16.3 Å². The number of hydrogen-bond donors (Lipinski definition) is 2. The second-order valence-corrected chi connectivity index (χ2v) is 8.67. The van der Waals surface area contributed by atoms with Crippen molar-refractivity contribution >= 4 is 39.2 Å². The molecule has 0 aliphatic carbocycles. The molecule has 31 heavy (non-hydrogen) atoms. The zero-order valence-electron chi connectivity index (χ0n) is 16.6. The first-order chi connectivity index (χ1) is 14.5. The first kappa shape index (κ1) is 22.4. The number of pyridine rings is 1. The number of hydrogen-bond acceptors (Lipinski definition) is 7. The highest BCUT2D eigenvalue weighted by Crippen LogP contribution is 2.28. The molecular formula is C18H18ClFN6O4S. The van der Waals surface area contributed by atoms with Crippen molar-refractivity contribution in [3.63, 3.8) is 0 Å². The molecule has 1 atom stereocenters. The Labute approximate surface area is 182 Å². The van der Waals surface area contributed by atoms with Crippen molar-refractivity contribution in [2.75, 3.05) is 16.3 Å². The predicted octanol–water partition coefficient (Wildman–Crippen LogP) is 3.35. The minimum Gasteiger partial charge on any atom is -0.441 e. The van der Waals surface area contributed by atoms with E-state index in [2.05, 4.69) is 20.6 Å². The van der Waals surface area contributed by atoms with Crippen LogP contribution in [0.25, 0.3) is 11.4 Å². The van der Waals surface area contributed by atoms with Crippen molar-refractivity contribution in [2.24, 2.45) is 7.05 Å². The molecule has 164 valence electrons. The fraction of sp³-hybridized carbons (Fsp3) is 0.222. The summed E-state index contributed by atoms with van der Waals surface area (Å²) in [4.78, 5) is 16.1. The van der Waals surface area contributed by atoms with E-state index in [1.54, 1.807) is 31.2 Å². The fourth-order valence-electron chi connectivity index (χ4n) is 2.67. The molecule has 0 aliphatic rings. The number of sulfonamides is 1. The van der Waals surface area contributed by atoms with Gasteiger partial charge in [-0.05, 0) is 25.1 Å². The lowest BCUT2D eigenvalue weighted by atomic mass is 10.1. The summed E-state index contributed by atoms with van der Waals surface area (Å²) in [6.07, 6.45) is -0.564. The van der Waals surface area contributed by atoms with E-state index in [1.165, 1.54) is 23.9 Å². The van der Waals surface area contributed by atoms with Crippen LogP contribution in [0.1, 0.15) is 18.6 Å². The van der Waals surface area contributed by atoms with Crippen molar-refractivity contribution in [1.29, 1.82) is 0 Å². The maximum atomic E-state index is 14.2. The van der Waals surface area contributed by atoms with E-state index < -0.39 is 28.2 Å². The van der Waals surface area contributed by atoms with Gasteiger partial charge in [0.2, 0.25) is 16.0 Å². The quantitative estimate of drug-likeness (QED) is 0.531. The van der Waals surface area contributed by atoms with E-state index >= 15 is 0 Å². The number of nitrogens with zero attached hydrogens (tertiary/aromatic N) is 4. The van der Waals surface area contributed by atoms with Crippen LogP contribution in [0.4, 0.5) is 20.7 Å². The minimum atomic E-state index is -3.68. The largest absolute Gasteiger partial charge is 0.441 e. The van der Waals surface area contributed by atoms with E-state index in [-0.39, 0.29) is 22.9 Å². The Morgan fingerprint density at radius 2 is 1.97 bits per heavy atom. The molecule has 1 aromatic carbocycles. The molecule has 0 aliphatic heterocycles. The van der Waals surface area contributed by atoms with Crippen LogP contribution in [0.2, 0.25) is 5.02 Å². The SMILES string of the molecule is C[C@@H](OC(=O)Nc1c(-c2ccc(NS(C)(=O)=O)c(F)n2)nnn1C)c1ccccc1Cl. The Bertz CT molecular complexity index is 1230. The highest BCUT2D eigenvalue weighted by molar-refractivity contribution is 7.92. The molecule has 1 amide bonds. The summed E-state index contributed by atoms with van der Waals surface area (Å²) in [7, 11) is -2.17. The smallest absolute Gasteiger partial charge is 0.413 e. The zero-order chi connectivity index (χ0) is 22.8. The van der Waals surface area contributed by atoms with Crippen molar-refractivity contribution < 1.29 is 22.3 Å². The van der Waals surface area contributed by atoms with Crippen LogP contribution in [0, 0.1) is 5.95 Å². The number of benzene rings is 1. The first-order valence-electron chi connectivity index (χ1n) is 8.81. The number of nitrogens with one attached hydrogen (secondary N) is 2. The summed E-state index contributed by atoms with van der Waals surface area (Å²) in [6, 6.07) is 9.47. The second kappa shape index (κ2) is 8.86. The summed E-state index contributed by atoms with van der Waals surface area (Å²) in [6.45, 7) is 1.66. The third-order valence-corrected chi connectivity index (χ3v) is 5.00. The molecule has 3 aromatic rings. The normalized spacial score (nSPS) is 12.3. The summed E-state index contributed by atoms with van der Waals surface area (Å²) < 4.78 is 45.5. The summed E-state index contributed by atoms with van der Waals surface area (Å²) in [5.41, 5.74) is 0.395. The van der Waals surface area contributed by atoms with E-state index in [1.807, 2.05) is 4.72 Å². The van der Waals surface area contributed by atoms with Crippen LogP contribution in [0.15, 0.2) is 36.4 Å². The Balaban J connectivity index is 1.80. The van der Waals surface area contributed by atoms with Gasteiger partial charge in [-0.2, -0.15) is 4.39 Å². The average Bonchev–Trinajstić information content (AvgIpc) is 3.03. The van der Waals surface area contributed by atoms with Crippen molar-refractivity contribution in [1.82, 2.24) is 20.0 Å². The predicted molar refractivity (Wildman–Crippen MR) is 113 cm³/mol. The Morgan fingerprint density at radius 1 is 1.26 bits per heavy atom. The number of halogens is 2. The van der Waals surface area contributed by atoms with Gasteiger partial charge in [0, 0.05) is 17.6 Å². The van der Waals surface area contributed by atoms with Gasteiger partial charge in [0.25, 0.3) is 0 Å². The van der Waals surface area contributed by atoms with Gasteiger partial charge in [-0.1, -0.05) is 35.0 Å². The Morgan fingerprint density at radius 3 is 2.61 bits per heavy atom. The molecule has 2 heterocycles. The van der Waals surface area contributed by atoms with Gasteiger partial charge in [0.05, 0.1) is 11.9 Å². The van der Waals surface area contributed by atoms with Crippen molar-refractivity contribution in [3.05, 3.63) is 52.9 Å². The monoisotopic (exact) mass is 468 g/mol. The molecule has 3 rings (SSSR count). The number of amides is 1. The molecule has 0 bridgehead atoms. The molecule has 0 unspecified atom stereocenters. The van der Waals surface area contributed by atoms with Crippen LogP contribution in [-0.4, -0.2) is 40.7 Å². The number of anilines is 2. The van der Waals surface area contributed by atoms with Gasteiger partial charge < -0.3 is 4.74 Å². The number of carbonyl (C=O) groups excluding carboxylic acids is 1. The second-order valence-electron chi connectivity index (χ2n) is 6.51. The van der Waals surface area contributed by atoms with Gasteiger partial charge in [0.1, 0.15) is 11.8 Å². The fourth-order valence-corrected chi connectivity index (χ4v) is 3.51. The van der Waals surface area contributed by atoms with Gasteiger partial charge in [0.15, 0.2) is 11.5 Å². The molecule has 0 saturated heterocycles. The van der Waals surface area contributed by atoms with E-state index in [0.29, 0.717) is 10.6 Å². The molecule has 0 spiro atoms. The third-order valence-electron chi connectivity index (χ3n) is 4.06.